The first-order valence-corrected chi connectivity index (χ1v) is 6.99. The molecular weight excluding hydrogens is 266 g/mol. The van der Waals surface area contributed by atoms with Gasteiger partial charge in [-0.15, -0.1) is 0 Å². The number of nitrogens with zero attached hydrogens (tertiary/aromatic N) is 3. The van der Waals surface area contributed by atoms with E-state index in [-0.39, 0.29) is 5.91 Å². The van der Waals surface area contributed by atoms with Gasteiger partial charge in [0, 0.05) is 43.3 Å². The highest BCUT2D eigenvalue weighted by Crippen LogP contribution is 2.16. The lowest BCUT2D eigenvalue weighted by molar-refractivity contribution is 0.0951. The summed E-state index contributed by atoms with van der Waals surface area (Å²) in [5.74, 6) is -0.137. The van der Waals surface area contributed by atoms with E-state index in [9.17, 15) is 4.79 Å². The maximum absolute atomic E-state index is 12.3. The second-order valence-corrected chi connectivity index (χ2v) is 4.96. The minimum atomic E-state index is -0.137. The van der Waals surface area contributed by atoms with Crippen molar-refractivity contribution in [2.75, 3.05) is 11.9 Å². The first-order valence-electron chi connectivity index (χ1n) is 6.99. The summed E-state index contributed by atoms with van der Waals surface area (Å²) >= 11 is 0. The molecule has 0 spiro atoms. The van der Waals surface area contributed by atoms with Gasteiger partial charge in [0.05, 0.1) is 17.4 Å². The maximum Gasteiger partial charge on any atom is 0.255 e. The predicted molar refractivity (Wildman–Crippen MR) is 82.3 cm³/mol. The van der Waals surface area contributed by atoms with Crippen LogP contribution < -0.4 is 10.6 Å². The zero-order chi connectivity index (χ0) is 15.4. The Bertz CT molecular complexity index is 648. The van der Waals surface area contributed by atoms with E-state index in [0.717, 1.165) is 29.2 Å². The summed E-state index contributed by atoms with van der Waals surface area (Å²) in [5.41, 5.74) is 4.31. The Balaban J connectivity index is 2.11. The predicted octanol–water partition coefficient (Wildman–Crippen LogP) is 1.79. The van der Waals surface area contributed by atoms with Crippen LogP contribution in [0, 0.1) is 13.8 Å². The van der Waals surface area contributed by atoms with Gasteiger partial charge >= 0.3 is 0 Å². The van der Waals surface area contributed by atoms with Crippen molar-refractivity contribution in [2.45, 2.75) is 27.3 Å². The average Bonchev–Trinajstić information content (AvgIpc) is 2.77. The third-order valence-electron chi connectivity index (χ3n) is 3.43. The summed E-state index contributed by atoms with van der Waals surface area (Å²) in [6.07, 6.45) is 3.38. The number of carbonyl (C=O) groups excluding carboxylic acids is 1. The van der Waals surface area contributed by atoms with Crippen LogP contribution in [0.15, 0.2) is 18.5 Å². The van der Waals surface area contributed by atoms with E-state index < -0.39 is 0 Å². The quantitative estimate of drug-likeness (QED) is 0.879. The lowest BCUT2D eigenvalue weighted by Crippen LogP contribution is -2.24. The lowest BCUT2D eigenvalue weighted by atomic mass is 10.2. The molecule has 0 aliphatic rings. The van der Waals surface area contributed by atoms with Gasteiger partial charge in [-0.2, -0.15) is 5.10 Å². The van der Waals surface area contributed by atoms with E-state index in [1.165, 1.54) is 0 Å². The van der Waals surface area contributed by atoms with Crippen LogP contribution in [0.3, 0.4) is 0 Å². The van der Waals surface area contributed by atoms with E-state index >= 15 is 0 Å². The molecule has 0 saturated heterocycles. The smallest absolute Gasteiger partial charge is 0.255 e. The van der Waals surface area contributed by atoms with Gasteiger partial charge in [0.25, 0.3) is 5.91 Å². The Morgan fingerprint density at radius 2 is 2.10 bits per heavy atom. The van der Waals surface area contributed by atoms with E-state index in [1.807, 2.05) is 33.9 Å². The molecule has 0 atom stereocenters. The van der Waals surface area contributed by atoms with Crippen molar-refractivity contribution in [3.63, 3.8) is 0 Å². The number of amides is 1. The summed E-state index contributed by atoms with van der Waals surface area (Å²) < 4.78 is 1.79. The minimum Gasteiger partial charge on any atom is -0.385 e. The average molecular weight is 287 g/mol. The molecule has 6 heteroatoms. The Morgan fingerprint density at radius 1 is 1.33 bits per heavy atom. The largest absolute Gasteiger partial charge is 0.385 e. The van der Waals surface area contributed by atoms with Crippen LogP contribution in [0.1, 0.15) is 34.2 Å². The van der Waals surface area contributed by atoms with Crippen LogP contribution >= 0.6 is 0 Å². The van der Waals surface area contributed by atoms with Crippen molar-refractivity contribution in [2.24, 2.45) is 7.05 Å². The number of aromatic nitrogens is 3. The molecule has 0 bridgehead atoms. The molecular formula is C15H21N5O. The lowest BCUT2D eigenvalue weighted by Gasteiger charge is -2.11. The Hall–Kier alpha value is -2.37. The fourth-order valence-corrected chi connectivity index (χ4v) is 2.07. The number of aryl methyl sites for hydroxylation is 2. The highest BCUT2D eigenvalue weighted by Gasteiger charge is 2.13. The summed E-state index contributed by atoms with van der Waals surface area (Å²) in [6, 6.07) is 1.88. The number of rotatable bonds is 5. The third kappa shape index (κ3) is 3.39. The molecule has 2 N–H and O–H groups in total. The molecule has 0 unspecified atom stereocenters. The SMILES string of the molecule is CCNc1cc(C)ncc1C(=O)NCc1cnn(C)c1C. The molecule has 0 aliphatic heterocycles. The van der Waals surface area contributed by atoms with Gasteiger partial charge in [0.15, 0.2) is 0 Å². The van der Waals surface area contributed by atoms with Gasteiger partial charge in [-0.1, -0.05) is 0 Å². The van der Waals surface area contributed by atoms with E-state index in [0.29, 0.717) is 12.1 Å². The zero-order valence-corrected chi connectivity index (χ0v) is 12.9. The molecule has 2 aromatic rings. The highest BCUT2D eigenvalue weighted by atomic mass is 16.1. The summed E-state index contributed by atoms with van der Waals surface area (Å²) in [4.78, 5) is 16.5. The van der Waals surface area contributed by atoms with Crippen molar-refractivity contribution >= 4 is 11.6 Å². The molecule has 2 heterocycles. The molecule has 2 rings (SSSR count). The number of anilines is 1. The molecule has 2 aromatic heterocycles. The fourth-order valence-electron chi connectivity index (χ4n) is 2.07. The summed E-state index contributed by atoms with van der Waals surface area (Å²) in [7, 11) is 1.88. The van der Waals surface area contributed by atoms with Crippen molar-refractivity contribution in [3.8, 4) is 0 Å². The number of carbonyl (C=O) groups is 1. The van der Waals surface area contributed by atoms with E-state index in [1.54, 1.807) is 17.1 Å². The third-order valence-corrected chi connectivity index (χ3v) is 3.43. The highest BCUT2D eigenvalue weighted by molar-refractivity contribution is 5.99. The maximum atomic E-state index is 12.3. The van der Waals surface area contributed by atoms with Gasteiger partial charge in [-0.3, -0.25) is 14.5 Å². The zero-order valence-electron chi connectivity index (χ0n) is 12.9. The Labute approximate surface area is 124 Å². The normalized spacial score (nSPS) is 10.5. The van der Waals surface area contributed by atoms with Crippen LogP contribution in [0.25, 0.3) is 0 Å². The Kier molecular flexibility index (Phi) is 4.57. The molecule has 0 fully saturated rings. The number of hydrogen-bond acceptors (Lipinski definition) is 4. The first-order chi connectivity index (χ1) is 10.0. The van der Waals surface area contributed by atoms with Gasteiger partial charge < -0.3 is 10.6 Å². The summed E-state index contributed by atoms with van der Waals surface area (Å²) in [5, 5.41) is 10.3. The standard InChI is InChI=1S/C15H21N5O/c1-5-16-14-6-10(2)17-9-13(14)15(21)18-7-12-8-19-20(4)11(12)3/h6,8-9H,5,7H2,1-4H3,(H,16,17)(H,18,21). The van der Waals surface area contributed by atoms with Crippen molar-refractivity contribution in [3.05, 3.63) is 41.0 Å². The van der Waals surface area contributed by atoms with E-state index in [2.05, 4.69) is 20.7 Å². The monoisotopic (exact) mass is 287 g/mol. The molecule has 21 heavy (non-hydrogen) atoms. The molecule has 0 radical (unpaired) electrons. The van der Waals surface area contributed by atoms with Crippen LogP contribution in [-0.2, 0) is 13.6 Å². The van der Waals surface area contributed by atoms with Gasteiger partial charge in [-0.05, 0) is 26.8 Å². The van der Waals surface area contributed by atoms with Gasteiger partial charge in [0.1, 0.15) is 0 Å². The molecule has 112 valence electrons. The van der Waals surface area contributed by atoms with Crippen LogP contribution in [0.4, 0.5) is 5.69 Å². The van der Waals surface area contributed by atoms with Crippen LogP contribution in [0.5, 0.6) is 0 Å². The minimum absolute atomic E-state index is 0.137. The molecule has 0 saturated carbocycles. The molecule has 0 aliphatic carbocycles. The summed E-state index contributed by atoms with van der Waals surface area (Å²) in [6.45, 7) is 7.09. The second kappa shape index (κ2) is 6.39. The van der Waals surface area contributed by atoms with Gasteiger partial charge in [0.2, 0.25) is 0 Å². The number of nitrogens with one attached hydrogen (secondary N) is 2. The van der Waals surface area contributed by atoms with Gasteiger partial charge in [-0.25, -0.2) is 0 Å². The Morgan fingerprint density at radius 3 is 2.71 bits per heavy atom. The van der Waals surface area contributed by atoms with Crippen molar-refractivity contribution < 1.29 is 4.79 Å². The molecule has 0 aromatic carbocycles. The topological polar surface area (TPSA) is 71.8 Å². The van der Waals surface area contributed by atoms with Crippen molar-refractivity contribution in [1.82, 2.24) is 20.1 Å². The molecule has 1 amide bonds. The van der Waals surface area contributed by atoms with E-state index in [4.69, 9.17) is 0 Å². The first kappa shape index (κ1) is 15.0. The van der Waals surface area contributed by atoms with Crippen LogP contribution in [-0.4, -0.2) is 27.2 Å². The van der Waals surface area contributed by atoms with Crippen LogP contribution in [0.2, 0.25) is 0 Å². The number of hydrogen-bond donors (Lipinski definition) is 2. The number of pyridine rings is 1. The molecule has 6 nitrogen and oxygen atoms in total. The second-order valence-electron chi connectivity index (χ2n) is 4.96. The fraction of sp³-hybridized carbons (Fsp3) is 0.400. The van der Waals surface area contributed by atoms with Crippen molar-refractivity contribution in [1.29, 1.82) is 0 Å².